The molecule has 0 N–H and O–H groups in total. The highest BCUT2D eigenvalue weighted by Gasteiger charge is 2.23. The van der Waals surface area contributed by atoms with E-state index in [0.717, 1.165) is 47.7 Å². The van der Waals surface area contributed by atoms with E-state index < -0.39 is 0 Å². The third-order valence-electron chi connectivity index (χ3n) is 10.4. The van der Waals surface area contributed by atoms with Crippen LogP contribution in [0.3, 0.4) is 0 Å². The van der Waals surface area contributed by atoms with Gasteiger partial charge in [0, 0.05) is 5.41 Å². The van der Waals surface area contributed by atoms with Gasteiger partial charge < -0.3 is 9.47 Å². The minimum Gasteiger partial charge on any atom is -0.457 e. The van der Waals surface area contributed by atoms with E-state index in [2.05, 4.69) is 139 Å². The number of aryl methyl sites for hydroxylation is 2. The van der Waals surface area contributed by atoms with Crippen LogP contribution in [0, 0.1) is 11.8 Å². The molecule has 0 amide bonds. The predicted octanol–water partition coefficient (Wildman–Crippen LogP) is 14.7. The Hall–Kier alpha value is -3.52. The summed E-state index contributed by atoms with van der Waals surface area (Å²) < 4.78 is 12.9. The van der Waals surface area contributed by atoms with Crippen LogP contribution in [0.2, 0.25) is 0 Å². The molecule has 49 heavy (non-hydrogen) atoms. The molecule has 0 spiro atoms. The molecule has 0 fully saturated rings. The van der Waals surface area contributed by atoms with Crippen LogP contribution < -0.4 is 9.47 Å². The van der Waals surface area contributed by atoms with Crippen molar-refractivity contribution in [3.8, 4) is 23.0 Å². The van der Waals surface area contributed by atoms with Gasteiger partial charge in [0.1, 0.15) is 23.0 Å². The van der Waals surface area contributed by atoms with E-state index in [1.165, 1.54) is 99.3 Å². The number of rotatable bonds is 22. The summed E-state index contributed by atoms with van der Waals surface area (Å²) in [5, 5.41) is 0. The highest BCUT2D eigenvalue weighted by atomic mass is 16.5. The van der Waals surface area contributed by atoms with Gasteiger partial charge in [-0.2, -0.15) is 0 Å². The van der Waals surface area contributed by atoms with E-state index in [1.807, 2.05) is 0 Å². The average Bonchev–Trinajstić information content (AvgIpc) is 3.10. The molecule has 4 aromatic rings. The Morgan fingerprint density at radius 1 is 0.469 bits per heavy atom. The number of hydrogen-bond donors (Lipinski definition) is 0. The molecule has 0 aromatic heterocycles. The molecule has 0 aliphatic carbocycles. The van der Waals surface area contributed by atoms with Gasteiger partial charge in [-0.3, -0.25) is 0 Å². The minimum atomic E-state index is -0.158. The monoisotopic (exact) mass is 660 g/mol. The molecule has 2 heteroatoms. The highest BCUT2D eigenvalue weighted by Crippen LogP contribution is 2.36. The van der Waals surface area contributed by atoms with Crippen molar-refractivity contribution in [1.29, 1.82) is 0 Å². The minimum absolute atomic E-state index is 0.158. The van der Waals surface area contributed by atoms with Crippen molar-refractivity contribution in [1.82, 2.24) is 0 Å². The van der Waals surface area contributed by atoms with Crippen LogP contribution in [0.25, 0.3) is 0 Å². The molecular formula is C47H64O2. The second kappa shape index (κ2) is 20.2. The molecule has 0 bridgehead atoms. The van der Waals surface area contributed by atoms with E-state index in [0.29, 0.717) is 0 Å². The van der Waals surface area contributed by atoms with Crippen molar-refractivity contribution in [2.75, 3.05) is 0 Å². The summed E-state index contributed by atoms with van der Waals surface area (Å²) in [6.45, 7) is 13.9. The topological polar surface area (TPSA) is 18.5 Å². The van der Waals surface area contributed by atoms with Crippen molar-refractivity contribution < 1.29 is 9.47 Å². The fraction of sp³-hybridized carbons (Fsp3) is 0.489. The highest BCUT2D eigenvalue weighted by molar-refractivity contribution is 5.45. The number of benzene rings is 4. The molecule has 4 rings (SSSR count). The van der Waals surface area contributed by atoms with Gasteiger partial charge in [0.25, 0.3) is 0 Å². The maximum absolute atomic E-state index is 6.44. The Bertz CT molecular complexity index is 1370. The molecule has 0 aliphatic heterocycles. The van der Waals surface area contributed by atoms with Crippen molar-refractivity contribution in [2.45, 2.75) is 137 Å². The number of hydrogen-bond acceptors (Lipinski definition) is 2. The standard InChI is InChI=1S/C47H64O2/c1-7-9-11-19-37(3)21-17-25-39-23-13-15-27-45(39)48-43-33-29-41(30-34-43)47(5,6)42-31-35-44(36-32-42)49-46-28-16-14-24-40(46)26-18-22-38(4)20-12-10-8-2/h13-16,23-24,27-38H,7-12,17-22,25-26H2,1-6H3. The van der Waals surface area contributed by atoms with Crippen LogP contribution in [0.1, 0.15) is 141 Å². The predicted molar refractivity (Wildman–Crippen MR) is 211 cm³/mol. The smallest absolute Gasteiger partial charge is 0.130 e. The van der Waals surface area contributed by atoms with Gasteiger partial charge in [-0.05, 0) is 96.2 Å². The molecule has 264 valence electrons. The van der Waals surface area contributed by atoms with Gasteiger partial charge in [0.2, 0.25) is 0 Å². The zero-order valence-electron chi connectivity index (χ0n) is 31.6. The normalized spacial score (nSPS) is 12.9. The Labute approximate surface area is 299 Å². The first-order valence-electron chi connectivity index (χ1n) is 19.5. The third-order valence-corrected chi connectivity index (χ3v) is 10.4. The van der Waals surface area contributed by atoms with Crippen LogP contribution in [-0.4, -0.2) is 0 Å². The van der Waals surface area contributed by atoms with E-state index in [9.17, 15) is 0 Å². The van der Waals surface area contributed by atoms with Gasteiger partial charge in [-0.25, -0.2) is 0 Å². The van der Waals surface area contributed by atoms with Gasteiger partial charge >= 0.3 is 0 Å². The molecule has 0 radical (unpaired) electrons. The number of unbranched alkanes of at least 4 members (excludes halogenated alkanes) is 4. The van der Waals surface area contributed by atoms with Crippen LogP contribution >= 0.6 is 0 Å². The molecule has 2 nitrogen and oxygen atoms in total. The Morgan fingerprint density at radius 3 is 1.22 bits per heavy atom. The van der Waals surface area contributed by atoms with Gasteiger partial charge in [0.15, 0.2) is 0 Å². The Morgan fingerprint density at radius 2 is 0.837 bits per heavy atom. The molecule has 0 saturated carbocycles. The fourth-order valence-corrected chi connectivity index (χ4v) is 6.98. The summed E-state index contributed by atoms with van der Waals surface area (Å²) in [6, 6.07) is 34.4. The second-order valence-corrected chi connectivity index (χ2v) is 15.1. The molecule has 0 saturated heterocycles. The summed E-state index contributed by atoms with van der Waals surface area (Å²) in [4.78, 5) is 0. The first-order chi connectivity index (χ1) is 23.8. The summed E-state index contributed by atoms with van der Waals surface area (Å²) in [6.07, 6.45) is 17.8. The zero-order chi connectivity index (χ0) is 34.9. The summed E-state index contributed by atoms with van der Waals surface area (Å²) >= 11 is 0. The van der Waals surface area contributed by atoms with Crippen LogP contribution in [-0.2, 0) is 18.3 Å². The van der Waals surface area contributed by atoms with E-state index >= 15 is 0 Å². The zero-order valence-corrected chi connectivity index (χ0v) is 31.6. The maximum Gasteiger partial charge on any atom is 0.130 e. The number of ether oxygens (including phenoxy) is 2. The van der Waals surface area contributed by atoms with E-state index in [-0.39, 0.29) is 5.41 Å². The van der Waals surface area contributed by atoms with Crippen molar-refractivity contribution in [3.05, 3.63) is 119 Å². The van der Waals surface area contributed by atoms with Gasteiger partial charge in [-0.15, -0.1) is 0 Å². The van der Waals surface area contributed by atoms with E-state index in [4.69, 9.17) is 9.47 Å². The SMILES string of the molecule is CCCCCC(C)CCCc1ccccc1Oc1ccc(C(C)(C)c2ccc(Oc3ccccc3CCCC(C)CCCCC)cc2)cc1. The van der Waals surface area contributed by atoms with Crippen molar-refractivity contribution >= 4 is 0 Å². The van der Waals surface area contributed by atoms with Crippen molar-refractivity contribution in [3.63, 3.8) is 0 Å². The molecule has 2 atom stereocenters. The average molecular weight is 661 g/mol. The lowest BCUT2D eigenvalue weighted by Crippen LogP contribution is -2.18. The quantitative estimate of drug-likeness (QED) is 0.0781. The molecular weight excluding hydrogens is 597 g/mol. The lowest BCUT2D eigenvalue weighted by atomic mass is 9.78. The number of para-hydroxylation sites is 2. The first-order valence-corrected chi connectivity index (χ1v) is 19.5. The Kier molecular flexibility index (Phi) is 15.8. The first kappa shape index (κ1) is 38.3. The van der Waals surface area contributed by atoms with Crippen LogP contribution in [0.5, 0.6) is 23.0 Å². The fourth-order valence-electron chi connectivity index (χ4n) is 6.98. The third kappa shape index (κ3) is 12.4. The van der Waals surface area contributed by atoms with Gasteiger partial charge in [0.05, 0.1) is 0 Å². The molecule has 0 heterocycles. The van der Waals surface area contributed by atoms with Crippen molar-refractivity contribution in [2.24, 2.45) is 11.8 Å². The van der Waals surface area contributed by atoms with Crippen LogP contribution in [0.4, 0.5) is 0 Å². The lowest BCUT2D eigenvalue weighted by molar-refractivity contribution is 0.444. The molecule has 2 unspecified atom stereocenters. The summed E-state index contributed by atoms with van der Waals surface area (Å²) in [5.74, 6) is 5.31. The largest absolute Gasteiger partial charge is 0.457 e. The molecule has 4 aromatic carbocycles. The Balaban J connectivity index is 1.32. The summed E-state index contributed by atoms with van der Waals surface area (Å²) in [7, 11) is 0. The molecule has 0 aliphatic rings. The lowest BCUT2D eigenvalue weighted by Gasteiger charge is -2.26. The maximum atomic E-state index is 6.44. The van der Waals surface area contributed by atoms with E-state index in [1.54, 1.807) is 0 Å². The second-order valence-electron chi connectivity index (χ2n) is 15.1. The van der Waals surface area contributed by atoms with Gasteiger partial charge in [-0.1, -0.05) is 166 Å². The van der Waals surface area contributed by atoms with Crippen LogP contribution in [0.15, 0.2) is 97.1 Å². The summed E-state index contributed by atoms with van der Waals surface area (Å²) in [5.41, 5.74) is 4.95.